The van der Waals surface area contributed by atoms with Crippen LogP contribution in [0.1, 0.15) is 35.0 Å². The molecule has 4 heteroatoms. The quantitative estimate of drug-likeness (QED) is 0.900. The van der Waals surface area contributed by atoms with E-state index in [1.807, 2.05) is 0 Å². The Morgan fingerprint density at radius 1 is 1.19 bits per heavy atom. The lowest BCUT2D eigenvalue weighted by Crippen LogP contribution is -2.26. The van der Waals surface area contributed by atoms with Gasteiger partial charge in [-0.15, -0.1) is 0 Å². The zero-order valence-electron chi connectivity index (χ0n) is 12.8. The number of aryl methyl sites for hydroxylation is 3. The molecular weight excluding hydrogens is 326 g/mol. The summed E-state index contributed by atoms with van der Waals surface area (Å²) < 4.78 is 1.17. The van der Waals surface area contributed by atoms with Gasteiger partial charge in [0, 0.05) is 40.8 Å². The maximum atomic E-state index is 4.84. The average molecular weight is 346 g/mol. The summed E-state index contributed by atoms with van der Waals surface area (Å²) in [5, 5.41) is 3.41. The molecule has 1 aliphatic heterocycles. The van der Waals surface area contributed by atoms with Gasteiger partial charge in [0.05, 0.1) is 5.69 Å². The number of nitrogens with zero attached hydrogens (tertiary/aromatic N) is 2. The molecule has 0 bridgehead atoms. The largest absolute Gasteiger partial charge is 0.312 e. The minimum atomic E-state index is 0.867. The molecule has 1 aromatic heterocycles. The van der Waals surface area contributed by atoms with Crippen molar-refractivity contribution in [2.45, 2.75) is 40.2 Å². The van der Waals surface area contributed by atoms with E-state index in [0.717, 1.165) is 37.3 Å². The maximum Gasteiger partial charge on any atom is 0.159 e. The predicted octanol–water partition coefficient (Wildman–Crippen LogP) is 3.73. The van der Waals surface area contributed by atoms with E-state index in [1.165, 1.54) is 32.6 Å². The van der Waals surface area contributed by atoms with Crippen molar-refractivity contribution in [3.8, 4) is 11.4 Å². The molecule has 0 amide bonds. The van der Waals surface area contributed by atoms with E-state index >= 15 is 0 Å². The molecule has 0 spiro atoms. The monoisotopic (exact) mass is 345 g/mol. The Labute approximate surface area is 134 Å². The van der Waals surface area contributed by atoms with Crippen LogP contribution in [0.2, 0.25) is 0 Å². The molecule has 2 heterocycles. The van der Waals surface area contributed by atoms with E-state index in [0.29, 0.717) is 0 Å². The van der Waals surface area contributed by atoms with Gasteiger partial charge in [0.25, 0.3) is 0 Å². The predicted molar refractivity (Wildman–Crippen MR) is 89.4 cm³/mol. The zero-order chi connectivity index (χ0) is 15.0. The number of fused-ring (bicyclic) bond motifs is 1. The number of benzene rings is 1. The van der Waals surface area contributed by atoms with Crippen LogP contribution in [0.4, 0.5) is 0 Å². The molecule has 21 heavy (non-hydrogen) atoms. The Hall–Kier alpha value is -1.26. The highest BCUT2D eigenvalue weighted by Gasteiger charge is 2.17. The van der Waals surface area contributed by atoms with Crippen LogP contribution >= 0.6 is 15.9 Å². The van der Waals surface area contributed by atoms with Gasteiger partial charge in [-0.3, -0.25) is 0 Å². The van der Waals surface area contributed by atoms with Crippen molar-refractivity contribution in [1.82, 2.24) is 15.3 Å². The topological polar surface area (TPSA) is 37.8 Å². The van der Waals surface area contributed by atoms with Crippen LogP contribution in [-0.4, -0.2) is 16.5 Å². The number of halogens is 1. The molecule has 1 aliphatic rings. The minimum Gasteiger partial charge on any atom is -0.312 e. The second-order valence-electron chi connectivity index (χ2n) is 5.62. The summed E-state index contributed by atoms with van der Waals surface area (Å²) in [6.45, 7) is 8.30. The van der Waals surface area contributed by atoms with Crippen LogP contribution in [-0.2, 0) is 19.4 Å². The van der Waals surface area contributed by atoms with Crippen molar-refractivity contribution in [1.29, 1.82) is 0 Å². The molecule has 1 N–H and O–H groups in total. The molecule has 0 saturated heterocycles. The number of aromatic nitrogens is 2. The van der Waals surface area contributed by atoms with E-state index in [-0.39, 0.29) is 0 Å². The summed E-state index contributed by atoms with van der Waals surface area (Å²) in [5.41, 5.74) is 7.27. The van der Waals surface area contributed by atoms with Crippen molar-refractivity contribution in [2.24, 2.45) is 0 Å². The van der Waals surface area contributed by atoms with Gasteiger partial charge in [0.15, 0.2) is 5.82 Å². The molecule has 110 valence electrons. The van der Waals surface area contributed by atoms with Gasteiger partial charge in [-0.05, 0) is 43.5 Å². The number of rotatable bonds is 2. The summed E-state index contributed by atoms with van der Waals surface area (Å²) in [7, 11) is 0. The van der Waals surface area contributed by atoms with E-state index in [4.69, 9.17) is 9.97 Å². The molecule has 3 rings (SSSR count). The van der Waals surface area contributed by atoms with Crippen LogP contribution < -0.4 is 5.32 Å². The van der Waals surface area contributed by atoms with Crippen LogP contribution in [0.5, 0.6) is 0 Å². The fourth-order valence-electron chi connectivity index (χ4n) is 2.91. The lowest BCUT2D eigenvalue weighted by atomic mass is 10.0. The first-order valence-corrected chi connectivity index (χ1v) is 8.26. The van der Waals surface area contributed by atoms with Gasteiger partial charge in [-0.25, -0.2) is 9.97 Å². The molecule has 0 radical (unpaired) electrons. The Morgan fingerprint density at radius 3 is 2.57 bits per heavy atom. The lowest BCUT2D eigenvalue weighted by Gasteiger charge is -2.20. The van der Waals surface area contributed by atoms with Crippen LogP contribution in [0, 0.1) is 13.8 Å². The van der Waals surface area contributed by atoms with Crippen molar-refractivity contribution < 1.29 is 0 Å². The van der Waals surface area contributed by atoms with Crippen LogP contribution in [0.15, 0.2) is 16.6 Å². The molecule has 0 aliphatic carbocycles. The van der Waals surface area contributed by atoms with Gasteiger partial charge < -0.3 is 5.32 Å². The average Bonchev–Trinajstić information content (AvgIpc) is 2.51. The summed E-state index contributed by atoms with van der Waals surface area (Å²) >= 11 is 3.62. The van der Waals surface area contributed by atoms with Gasteiger partial charge in [-0.2, -0.15) is 0 Å². The fraction of sp³-hybridized carbons (Fsp3) is 0.412. The van der Waals surface area contributed by atoms with Crippen LogP contribution in [0.25, 0.3) is 11.4 Å². The molecule has 2 aromatic rings. The smallest absolute Gasteiger partial charge is 0.159 e. The maximum absolute atomic E-state index is 4.84. The molecule has 0 fully saturated rings. The second-order valence-corrected chi connectivity index (χ2v) is 6.42. The van der Waals surface area contributed by atoms with E-state index in [1.54, 1.807) is 0 Å². The first-order chi connectivity index (χ1) is 10.1. The third-order valence-corrected chi connectivity index (χ3v) is 5.30. The molecule has 0 saturated carbocycles. The normalized spacial score (nSPS) is 14.1. The second kappa shape index (κ2) is 5.85. The Balaban J connectivity index is 2.15. The zero-order valence-corrected chi connectivity index (χ0v) is 14.3. The highest BCUT2D eigenvalue weighted by atomic mass is 79.9. The van der Waals surface area contributed by atoms with Crippen LogP contribution in [0.3, 0.4) is 0 Å². The van der Waals surface area contributed by atoms with Crippen molar-refractivity contribution in [2.75, 3.05) is 6.54 Å². The third kappa shape index (κ3) is 2.74. The van der Waals surface area contributed by atoms with E-state index in [2.05, 4.69) is 54.2 Å². The van der Waals surface area contributed by atoms with Gasteiger partial charge in [0.2, 0.25) is 0 Å². The Morgan fingerprint density at radius 2 is 1.90 bits per heavy atom. The number of hydrogen-bond donors (Lipinski definition) is 1. The summed E-state index contributed by atoms with van der Waals surface area (Å²) in [5.74, 6) is 0.867. The SMILES string of the molecule is CCc1nc(-c2cc(C)c(Br)c(C)c2)nc2c1CNCC2. The molecule has 1 aromatic carbocycles. The minimum absolute atomic E-state index is 0.867. The number of hydrogen-bond acceptors (Lipinski definition) is 3. The molecule has 3 nitrogen and oxygen atoms in total. The lowest BCUT2D eigenvalue weighted by molar-refractivity contribution is 0.618. The summed E-state index contributed by atoms with van der Waals surface area (Å²) in [6.07, 6.45) is 1.94. The third-order valence-electron chi connectivity index (χ3n) is 4.05. The number of nitrogens with one attached hydrogen (secondary N) is 1. The Bertz CT molecular complexity index is 654. The van der Waals surface area contributed by atoms with Crippen molar-refractivity contribution in [3.63, 3.8) is 0 Å². The van der Waals surface area contributed by atoms with Crippen molar-refractivity contribution >= 4 is 15.9 Å². The van der Waals surface area contributed by atoms with Gasteiger partial charge in [-0.1, -0.05) is 22.9 Å². The van der Waals surface area contributed by atoms with E-state index in [9.17, 15) is 0 Å². The highest BCUT2D eigenvalue weighted by Crippen LogP contribution is 2.28. The molecule has 0 unspecified atom stereocenters. The fourth-order valence-corrected chi connectivity index (χ4v) is 3.14. The van der Waals surface area contributed by atoms with Crippen molar-refractivity contribution in [3.05, 3.63) is 44.7 Å². The molecular formula is C17H20BrN3. The Kier molecular flexibility index (Phi) is 4.09. The standard InChI is InChI=1S/C17H20BrN3/c1-4-14-13-9-19-6-5-15(13)21-17(20-14)12-7-10(2)16(18)11(3)8-12/h7-8,19H,4-6,9H2,1-3H3. The molecule has 0 atom stereocenters. The first-order valence-electron chi connectivity index (χ1n) is 7.46. The van der Waals surface area contributed by atoms with E-state index < -0.39 is 0 Å². The first kappa shape index (κ1) is 14.7. The van der Waals surface area contributed by atoms with Gasteiger partial charge >= 0.3 is 0 Å². The van der Waals surface area contributed by atoms with Gasteiger partial charge in [0.1, 0.15) is 0 Å². The summed E-state index contributed by atoms with van der Waals surface area (Å²) in [4.78, 5) is 9.66. The highest BCUT2D eigenvalue weighted by molar-refractivity contribution is 9.10. The summed E-state index contributed by atoms with van der Waals surface area (Å²) in [6, 6.07) is 4.33.